The van der Waals surface area contributed by atoms with Crippen LogP contribution in [0.1, 0.15) is 34.1 Å². The van der Waals surface area contributed by atoms with Crippen LogP contribution in [0.4, 0.5) is 0 Å². The van der Waals surface area contributed by atoms with Crippen LogP contribution < -0.4 is 5.56 Å². The summed E-state index contributed by atoms with van der Waals surface area (Å²) < 4.78 is 7.27. The predicted octanol–water partition coefficient (Wildman–Crippen LogP) is 4.07. The van der Waals surface area contributed by atoms with Crippen molar-refractivity contribution in [3.63, 3.8) is 0 Å². The fourth-order valence-corrected chi connectivity index (χ4v) is 4.27. The van der Waals surface area contributed by atoms with E-state index < -0.39 is 0 Å². The van der Waals surface area contributed by atoms with Crippen molar-refractivity contribution in [2.45, 2.75) is 57.2 Å². The number of fused-ring (bicyclic) bond motifs is 1. The fourth-order valence-electron chi connectivity index (χ4n) is 2.84. The van der Waals surface area contributed by atoms with Crippen LogP contribution in [0.3, 0.4) is 0 Å². The third-order valence-electron chi connectivity index (χ3n) is 4.38. The number of rotatable bonds is 9. The lowest BCUT2D eigenvalue weighted by Crippen LogP contribution is -2.36. The highest BCUT2D eigenvalue weighted by Crippen LogP contribution is 2.29. The second-order valence-electron chi connectivity index (χ2n) is 7.80. The van der Waals surface area contributed by atoms with Gasteiger partial charge in [0.05, 0.1) is 22.3 Å². The third-order valence-corrected chi connectivity index (χ3v) is 6.14. The molecule has 8 heteroatoms. The number of benzene rings is 1. The highest BCUT2D eigenvalue weighted by Gasteiger charge is 2.27. The molecule has 29 heavy (non-hydrogen) atoms. The molecular weight excluding hydrogens is 410 g/mol. The van der Waals surface area contributed by atoms with Crippen LogP contribution in [-0.2, 0) is 16.1 Å². The van der Waals surface area contributed by atoms with E-state index in [4.69, 9.17) is 21.3 Å². The van der Waals surface area contributed by atoms with Crippen LogP contribution >= 0.6 is 23.4 Å². The van der Waals surface area contributed by atoms with Crippen LogP contribution in [0, 0.1) is 5.92 Å². The summed E-state index contributed by atoms with van der Waals surface area (Å²) in [6.45, 7) is 8.98. The van der Waals surface area contributed by atoms with Crippen molar-refractivity contribution in [3.8, 4) is 0 Å². The Morgan fingerprint density at radius 1 is 1.28 bits per heavy atom. The van der Waals surface area contributed by atoms with E-state index in [1.807, 2.05) is 27.7 Å². The normalized spacial score (nSPS) is 12.7. The monoisotopic (exact) mass is 439 g/mol. The first-order valence-electron chi connectivity index (χ1n) is 9.81. The molecule has 1 aromatic heterocycles. The van der Waals surface area contributed by atoms with E-state index in [0.717, 1.165) is 0 Å². The van der Waals surface area contributed by atoms with Gasteiger partial charge in [-0.1, -0.05) is 37.2 Å². The molecule has 0 bridgehead atoms. The van der Waals surface area contributed by atoms with Crippen LogP contribution in [0.25, 0.3) is 10.9 Å². The molecule has 0 saturated heterocycles. The number of thioether (sulfide) groups is 1. The first kappa shape index (κ1) is 23.7. The summed E-state index contributed by atoms with van der Waals surface area (Å²) in [5.74, 6) is 0.0831. The Labute approximate surface area is 181 Å². The molecule has 160 valence electrons. The lowest BCUT2D eigenvalue weighted by Gasteiger charge is -2.24. The molecule has 2 rings (SSSR count). The van der Waals surface area contributed by atoms with Crippen LogP contribution in [0.2, 0.25) is 5.02 Å². The average molecular weight is 440 g/mol. The van der Waals surface area contributed by atoms with E-state index in [-0.39, 0.29) is 28.7 Å². The van der Waals surface area contributed by atoms with Gasteiger partial charge in [-0.2, -0.15) is 0 Å². The molecule has 1 unspecified atom stereocenters. The van der Waals surface area contributed by atoms with Crippen molar-refractivity contribution in [1.29, 1.82) is 0 Å². The molecule has 1 amide bonds. The van der Waals surface area contributed by atoms with Gasteiger partial charge >= 0.3 is 0 Å². The molecule has 1 aromatic carbocycles. The Bertz CT molecular complexity index is 912. The molecule has 2 aromatic rings. The minimum atomic E-state index is -0.341. The van der Waals surface area contributed by atoms with Crippen molar-refractivity contribution < 1.29 is 9.53 Å². The Hall–Kier alpha value is -1.57. The largest absolute Gasteiger partial charge is 0.379 e. The summed E-state index contributed by atoms with van der Waals surface area (Å²) in [5.41, 5.74) is 0.415. The SMILES string of the molecule is CC(C)OCCCn1c(SC(C(=O)N(C)C)C(C)C)nc2cc(Cl)ccc2c1=O. The van der Waals surface area contributed by atoms with E-state index in [1.165, 1.54) is 11.8 Å². The van der Waals surface area contributed by atoms with Gasteiger partial charge in [-0.3, -0.25) is 14.2 Å². The number of carbonyl (C=O) groups excluding carboxylic acids is 1. The summed E-state index contributed by atoms with van der Waals surface area (Å²) >= 11 is 7.45. The molecule has 0 fully saturated rings. The van der Waals surface area contributed by atoms with E-state index in [1.54, 1.807) is 41.8 Å². The molecule has 6 nitrogen and oxygen atoms in total. The summed E-state index contributed by atoms with van der Waals surface area (Å²) in [6.07, 6.45) is 0.820. The third kappa shape index (κ3) is 6.20. The molecule has 0 spiro atoms. The molecule has 1 heterocycles. The maximum Gasteiger partial charge on any atom is 0.262 e. The van der Waals surface area contributed by atoms with Gasteiger partial charge in [0.1, 0.15) is 0 Å². The van der Waals surface area contributed by atoms with Gasteiger partial charge in [0.2, 0.25) is 5.91 Å². The van der Waals surface area contributed by atoms with Gasteiger partial charge in [-0.05, 0) is 44.4 Å². The van der Waals surface area contributed by atoms with Crippen molar-refractivity contribution in [2.24, 2.45) is 5.92 Å². The van der Waals surface area contributed by atoms with Gasteiger partial charge in [-0.15, -0.1) is 0 Å². The van der Waals surface area contributed by atoms with Crippen LogP contribution in [0.15, 0.2) is 28.2 Å². The van der Waals surface area contributed by atoms with E-state index >= 15 is 0 Å². The molecule has 0 aliphatic carbocycles. The maximum absolute atomic E-state index is 13.2. The lowest BCUT2D eigenvalue weighted by atomic mass is 10.1. The number of nitrogens with zero attached hydrogens (tertiary/aromatic N) is 3. The zero-order valence-electron chi connectivity index (χ0n) is 17.9. The minimum Gasteiger partial charge on any atom is -0.379 e. The summed E-state index contributed by atoms with van der Waals surface area (Å²) in [4.78, 5) is 32.1. The summed E-state index contributed by atoms with van der Waals surface area (Å²) in [7, 11) is 3.48. The second-order valence-corrected chi connectivity index (χ2v) is 9.35. The highest BCUT2D eigenvalue weighted by molar-refractivity contribution is 8.00. The minimum absolute atomic E-state index is 0.000121. The highest BCUT2D eigenvalue weighted by atomic mass is 35.5. The number of hydrogen-bond donors (Lipinski definition) is 0. The molecule has 1 atom stereocenters. The molecule has 0 aliphatic rings. The van der Waals surface area contributed by atoms with Gasteiger partial charge < -0.3 is 9.64 Å². The number of aromatic nitrogens is 2. The number of ether oxygens (including phenoxy) is 1. The van der Waals surface area contributed by atoms with Crippen molar-refractivity contribution in [1.82, 2.24) is 14.5 Å². The molecular formula is C21H30ClN3O3S. The fraction of sp³-hybridized carbons (Fsp3) is 0.571. The predicted molar refractivity (Wildman–Crippen MR) is 120 cm³/mol. The number of amides is 1. The number of halogens is 1. The van der Waals surface area contributed by atoms with Gasteiger partial charge in [0.15, 0.2) is 5.16 Å². The van der Waals surface area contributed by atoms with Crippen molar-refractivity contribution >= 4 is 40.2 Å². The topological polar surface area (TPSA) is 64.4 Å². The average Bonchev–Trinajstić information content (AvgIpc) is 2.63. The number of carbonyl (C=O) groups is 1. The number of hydrogen-bond acceptors (Lipinski definition) is 5. The zero-order valence-corrected chi connectivity index (χ0v) is 19.5. The smallest absolute Gasteiger partial charge is 0.262 e. The second kappa shape index (κ2) is 10.5. The molecule has 0 radical (unpaired) electrons. The van der Waals surface area contributed by atoms with Gasteiger partial charge in [0.25, 0.3) is 5.56 Å². The first-order valence-corrected chi connectivity index (χ1v) is 11.1. The van der Waals surface area contributed by atoms with E-state index in [9.17, 15) is 9.59 Å². The lowest BCUT2D eigenvalue weighted by molar-refractivity contribution is -0.128. The Morgan fingerprint density at radius 3 is 2.55 bits per heavy atom. The van der Waals surface area contributed by atoms with Gasteiger partial charge in [-0.25, -0.2) is 4.98 Å². The standard InChI is InChI=1S/C21H30ClN3O3S/c1-13(2)18(20(27)24(5)6)29-21-23-17-12-15(22)8-9-16(17)19(26)25(21)10-7-11-28-14(3)4/h8-9,12-14,18H,7,10-11H2,1-6H3. The van der Waals surface area contributed by atoms with Gasteiger partial charge in [0, 0.05) is 32.3 Å². The van der Waals surface area contributed by atoms with Crippen LogP contribution in [0.5, 0.6) is 0 Å². The Morgan fingerprint density at radius 2 is 1.97 bits per heavy atom. The van der Waals surface area contributed by atoms with Crippen molar-refractivity contribution in [3.05, 3.63) is 33.6 Å². The van der Waals surface area contributed by atoms with Crippen LogP contribution in [-0.4, -0.2) is 52.4 Å². The zero-order chi connectivity index (χ0) is 21.7. The Balaban J connectivity index is 2.47. The molecule has 0 saturated carbocycles. The molecule has 0 N–H and O–H groups in total. The first-order chi connectivity index (χ1) is 13.6. The molecule has 0 aliphatic heterocycles. The quantitative estimate of drug-likeness (QED) is 0.335. The van der Waals surface area contributed by atoms with E-state index in [0.29, 0.717) is 40.7 Å². The summed E-state index contributed by atoms with van der Waals surface area (Å²) in [5, 5.41) is 1.23. The maximum atomic E-state index is 13.2. The Kier molecular flexibility index (Phi) is 8.55. The van der Waals surface area contributed by atoms with E-state index in [2.05, 4.69) is 0 Å². The summed E-state index contributed by atoms with van der Waals surface area (Å²) in [6, 6.07) is 5.08. The van der Waals surface area contributed by atoms with Crippen molar-refractivity contribution in [2.75, 3.05) is 20.7 Å².